The quantitative estimate of drug-likeness (QED) is 0.403. The molecule has 0 bridgehead atoms. The maximum absolute atomic E-state index is 12.8. The summed E-state index contributed by atoms with van der Waals surface area (Å²) >= 11 is 0. The van der Waals surface area contributed by atoms with Crippen LogP contribution in [0.2, 0.25) is 0 Å². The molecule has 0 amide bonds. The Morgan fingerprint density at radius 3 is 2.30 bits per heavy atom. The van der Waals surface area contributed by atoms with Crippen LogP contribution in [0.1, 0.15) is 5.56 Å². The normalized spacial score (nSPS) is 11.4. The third kappa shape index (κ3) is 3.58. The molecule has 2 heterocycles. The number of phenols is 2. The number of hydrogen-bond acceptors (Lipinski definition) is 8. The van der Waals surface area contributed by atoms with Crippen LogP contribution in [-0.4, -0.2) is 35.1 Å². The zero-order chi connectivity index (χ0) is 19.8. The Kier molecular flexibility index (Phi) is 4.31. The highest BCUT2D eigenvalue weighted by molar-refractivity contribution is 5.69. The van der Waals surface area contributed by atoms with Gasteiger partial charge in [0.2, 0.25) is 5.75 Å². The van der Waals surface area contributed by atoms with Gasteiger partial charge in [-0.05, 0) is 12.1 Å². The largest absolute Gasteiger partial charge is 0.504 e. The Bertz CT molecular complexity index is 1040. The second-order valence-corrected chi connectivity index (χ2v) is 5.21. The van der Waals surface area contributed by atoms with Gasteiger partial charge in [0, 0.05) is 29.6 Å². The van der Waals surface area contributed by atoms with Gasteiger partial charge in [-0.2, -0.15) is 13.2 Å². The fraction of sp³-hybridized carbons (Fsp3) is 0.0667. The SMILES string of the molecule is O=[N+]([O-])c1cc(-c2ncnc(-c3cncc(C(F)(F)F)c3)n2)cc(O)c1O. The minimum Gasteiger partial charge on any atom is -0.504 e. The number of nitrogens with zero attached hydrogens (tertiary/aromatic N) is 5. The zero-order valence-electron chi connectivity index (χ0n) is 13.0. The fourth-order valence-electron chi connectivity index (χ4n) is 2.16. The van der Waals surface area contributed by atoms with Crippen LogP contribution in [0.3, 0.4) is 0 Å². The Morgan fingerprint density at radius 2 is 1.67 bits per heavy atom. The van der Waals surface area contributed by atoms with Gasteiger partial charge >= 0.3 is 11.9 Å². The monoisotopic (exact) mass is 379 g/mol. The maximum Gasteiger partial charge on any atom is 0.417 e. The molecule has 27 heavy (non-hydrogen) atoms. The van der Waals surface area contributed by atoms with Crippen molar-refractivity contribution >= 4 is 5.69 Å². The van der Waals surface area contributed by atoms with Gasteiger partial charge in [0.15, 0.2) is 17.4 Å². The van der Waals surface area contributed by atoms with Gasteiger partial charge in [-0.25, -0.2) is 15.0 Å². The van der Waals surface area contributed by atoms with Crippen LogP contribution in [0.4, 0.5) is 18.9 Å². The molecular formula is C15H8F3N5O4. The van der Waals surface area contributed by atoms with Gasteiger partial charge in [0.25, 0.3) is 0 Å². The van der Waals surface area contributed by atoms with E-state index in [9.17, 15) is 33.5 Å². The number of aromatic hydroxyl groups is 2. The number of nitro groups is 1. The van der Waals surface area contributed by atoms with Crippen LogP contribution in [0, 0.1) is 10.1 Å². The van der Waals surface area contributed by atoms with Gasteiger partial charge in [-0.15, -0.1) is 0 Å². The minimum atomic E-state index is -4.61. The lowest BCUT2D eigenvalue weighted by Gasteiger charge is -2.08. The molecule has 0 unspecified atom stereocenters. The van der Waals surface area contributed by atoms with Gasteiger partial charge in [0.1, 0.15) is 6.33 Å². The highest BCUT2D eigenvalue weighted by atomic mass is 19.4. The van der Waals surface area contributed by atoms with E-state index in [1.54, 1.807) is 0 Å². The third-order valence-corrected chi connectivity index (χ3v) is 3.42. The highest BCUT2D eigenvalue weighted by Gasteiger charge is 2.31. The molecular weight excluding hydrogens is 371 g/mol. The van der Waals surface area contributed by atoms with E-state index in [1.165, 1.54) is 0 Å². The molecule has 0 aliphatic heterocycles. The molecule has 0 spiro atoms. The van der Waals surface area contributed by atoms with Crippen LogP contribution < -0.4 is 0 Å². The smallest absolute Gasteiger partial charge is 0.417 e. The Labute approximate surface area is 148 Å². The van der Waals surface area contributed by atoms with Crippen molar-refractivity contribution < 1.29 is 28.3 Å². The summed E-state index contributed by atoms with van der Waals surface area (Å²) in [4.78, 5) is 25.1. The summed E-state index contributed by atoms with van der Waals surface area (Å²) in [6, 6.07) is 2.69. The number of halogens is 3. The van der Waals surface area contributed by atoms with Crippen molar-refractivity contribution in [1.29, 1.82) is 0 Å². The summed E-state index contributed by atoms with van der Waals surface area (Å²) in [5.41, 5.74) is -1.88. The summed E-state index contributed by atoms with van der Waals surface area (Å²) in [6.07, 6.45) is -1.85. The van der Waals surface area contributed by atoms with E-state index in [0.717, 1.165) is 30.7 Å². The predicted octanol–water partition coefficient (Wildman–Crippen LogP) is 2.94. The predicted molar refractivity (Wildman–Crippen MR) is 83.5 cm³/mol. The molecule has 9 nitrogen and oxygen atoms in total. The first-order valence-electron chi connectivity index (χ1n) is 7.09. The van der Waals surface area contributed by atoms with Crippen LogP contribution in [0.5, 0.6) is 11.5 Å². The van der Waals surface area contributed by atoms with Crippen LogP contribution >= 0.6 is 0 Å². The first kappa shape index (κ1) is 18.0. The molecule has 12 heteroatoms. The van der Waals surface area contributed by atoms with Crippen LogP contribution in [-0.2, 0) is 6.18 Å². The molecule has 0 atom stereocenters. The average Bonchev–Trinajstić information content (AvgIpc) is 2.63. The molecule has 0 aliphatic rings. The van der Waals surface area contributed by atoms with Crippen molar-refractivity contribution in [2.24, 2.45) is 0 Å². The number of alkyl halides is 3. The van der Waals surface area contributed by atoms with E-state index in [1.807, 2.05) is 0 Å². The second-order valence-electron chi connectivity index (χ2n) is 5.21. The van der Waals surface area contributed by atoms with Gasteiger partial charge in [-0.3, -0.25) is 15.1 Å². The lowest BCUT2D eigenvalue weighted by atomic mass is 10.1. The highest BCUT2D eigenvalue weighted by Crippen LogP contribution is 2.38. The van der Waals surface area contributed by atoms with Crippen molar-refractivity contribution in [3.8, 4) is 34.3 Å². The fourth-order valence-corrected chi connectivity index (χ4v) is 2.16. The summed E-state index contributed by atoms with van der Waals surface area (Å²) < 4.78 is 38.5. The summed E-state index contributed by atoms with van der Waals surface area (Å²) in [6.45, 7) is 0. The van der Waals surface area contributed by atoms with E-state index in [4.69, 9.17) is 0 Å². The Morgan fingerprint density at radius 1 is 1.00 bits per heavy atom. The molecule has 0 saturated heterocycles. The number of benzene rings is 1. The number of hydrogen-bond donors (Lipinski definition) is 2. The topological polar surface area (TPSA) is 135 Å². The van der Waals surface area contributed by atoms with E-state index >= 15 is 0 Å². The average molecular weight is 379 g/mol. The first-order valence-corrected chi connectivity index (χ1v) is 7.09. The second kappa shape index (κ2) is 6.48. The van der Waals surface area contributed by atoms with Gasteiger partial charge < -0.3 is 10.2 Å². The molecule has 0 fully saturated rings. The molecule has 0 saturated carbocycles. The molecule has 3 aromatic rings. The lowest BCUT2D eigenvalue weighted by Crippen LogP contribution is -2.06. The van der Waals surface area contributed by atoms with Crippen molar-refractivity contribution in [1.82, 2.24) is 19.9 Å². The summed E-state index contributed by atoms with van der Waals surface area (Å²) in [5.74, 6) is -2.02. The molecule has 0 aliphatic carbocycles. The van der Waals surface area contributed by atoms with E-state index in [2.05, 4.69) is 19.9 Å². The van der Waals surface area contributed by atoms with Crippen molar-refractivity contribution in [2.45, 2.75) is 6.18 Å². The third-order valence-electron chi connectivity index (χ3n) is 3.42. The van der Waals surface area contributed by atoms with Crippen molar-refractivity contribution in [3.05, 3.63) is 52.6 Å². The Hall–Kier alpha value is -3.83. The number of pyridine rings is 1. The van der Waals surface area contributed by atoms with Crippen molar-refractivity contribution in [2.75, 3.05) is 0 Å². The summed E-state index contributed by atoms with van der Waals surface area (Å²) in [5, 5.41) is 30.1. The maximum atomic E-state index is 12.8. The van der Waals surface area contributed by atoms with Crippen LogP contribution in [0.25, 0.3) is 22.8 Å². The first-order chi connectivity index (χ1) is 12.7. The van der Waals surface area contributed by atoms with Gasteiger partial charge in [-0.1, -0.05) is 0 Å². The lowest BCUT2D eigenvalue weighted by molar-refractivity contribution is -0.385. The zero-order valence-corrected chi connectivity index (χ0v) is 13.0. The number of rotatable bonds is 3. The standard InChI is InChI=1S/C15H8F3N5O4/c16-15(17,18)9-1-8(4-19-5-9)14-21-6-20-13(22-14)7-2-10(23(26)27)12(25)11(24)3-7/h1-6,24-25H. The number of nitro benzene ring substituents is 1. The van der Waals surface area contributed by atoms with Gasteiger partial charge in [0.05, 0.1) is 10.5 Å². The number of aromatic nitrogens is 4. The number of phenolic OH excluding ortho intramolecular Hbond substituents is 2. The molecule has 3 rings (SSSR count). The van der Waals surface area contributed by atoms with E-state index in [0.29, 0.717) is 6.20 Å². The molecule has 2 N–H and O–H groups in total. The Balaban J connectivity index is 2.09. The molecule has 0 radical (unpaired) electrons. The van der Waals surface area contributed by atoms with E-state index < -0.39 is 33.8 Å². The molecule has 138 valence electrons. The molecule has 2 aromatic heterocycles. The van der Waals surface area contributed by atoms with Crippen LogP contribution in [0.15, 0.2) is 36.9 Å². The summed E-state index contributed by atoms with van der Waals surface area (Å²) in [7, 11) is 0. The molecule has 1 aromatic carbocycles. The minimum absolute atomic E-state index is 0.0411. The van der Waals surface area contributed by atoms with E-state index in [-0.39, 0.29) is 22.8 Å². The van der Waals surface area contributed by atoms with Crippen molar-refractivity contribution in [3.63, 3.8) is 0 Å².